The number of benzene rings is 2. The normalized spacial score (nSPS) is 15.7. The summed E-state index contributed by atoms with van der Waals surface area (Å²) in [7, 11) is -2.39. The highest BCUT2D eigenvalue weighted by Gasteiger charge is 2.36. The third-order valence-corrected chi connectivity index (χ3v) is 8.42. The number of nitrogens with one attached hydrogen (secondary N) is 1. The number of methoxy groups -OCH3 is 1. The van der Waals surface area contributed by atoms with Crippen LogP contribution in [0.5, 0.6) is 5.75 Å². The number of carbonyl (C=O) groups is 1. The number of hydrogen-bond donors (Lipinski definition) is 1. The van der Waals surface area contributed by atoms with Gasteiger partial charge < -0.3 is 10.1 Å². The predicted molar refractivity (Wildman–Crippen MR) is 122 cm³/mol. The molecule has 3 rings (SSSR count). The van der Waals surface area contributed by atoms with Crippen molar-refractivity contribution in [2.75, 3.05) is 26.7 Å². The van der Waals surface area contributed by atoms with E-state index < -0.39 is 10.0 Å². The molecule has 0 bridgehead atoms. The molecule has 1 aliphatic rings. The largest absolute Gasteiger partial charge is 0.495 e. The lowest BCUT2D eigenvalue weighted by molar-refractivity contribution is 0.0943. The zero-order chi connectivity index (χ0) is 23.4. The van der Waals surface area contributed by atoms with Crippen LogP contribution < -0.4 is 10.1 Å². The van der Waals surface area contributed by atoms with Gasteiger partial charge in [0.15, 0.2) is 0 Å². The minimum atomic E-state index is -3.80. The van der Waals surface area contributed by atoms with E-state index in [1.165, 1.54) is 35.7 Å². The van der Waals surface area contributed by atoms with Gasteiger partial charge in [0.05, 0.1) is 7.11 Å². The molecule has 0 heterocycles. The van der Waals surface area contributed by atoms with Crippen LogP contribution in [-0.4, -0.2) is 45.4 Å². The molecule has 0 saturated heterocycles. The molecule has 1 aliphatic carbocycles. The van der Waals surface area contributed by atoms with Gasteiger partial charge in [0.25, 0.3) is 5.91 Å². The van der Waals surface area contributed by atoms with Crippen molar-refractivity contribution in [3.63, 3.8) is 0 Å². The van der Waals surface area contributed by atoms with E-state index in [1.807, 2.05) is 0 Å². The van der Waals surface area contributed by atoms with Gasteiger partial charge in [-0.05, 0) is 48.7 Å². The molecule has 174 valence electrons. The highest BCUT2D eigenvalue weighted by molar-refractivity contribution is 7.89. The average Bonchev–Trinajstić information content (AvgIpc) is 3.28. The summed E-state index contributed by atoms with van der Waals surface area (Å²) in [6, 6.07) is 10.9. The Hall–Kier alpha value is -2.45. The van der Waals surface area contributed by atoms with E-state index in [4.69, 9.17) is 4.74 Å². The van der Waals surface area contributed by atoms with Gasteiger partial charge in [-0.2, -0.15) is 4.31 Å². The van der Waals surface area contributed by atoms with Crippen LogP contribution in [0.3, 0.4) is 0 Å². The van der Waals surface area contributed by atoms with Crippen LogP contribution in [0.4, 0.5) is 4.39 Å². The van der Waals surface area contributed by atoms with Crippen molar-refractivity contribution in [3.8, 4) is 5.75 Å². The lowest BCUT2D eigenvalue weighted by Gasteiger charge is -2.30. The quantitative estimate of drug-likeness (QED) is 0.609. The zero-order valence-corrected chi connectivity index (χ0v) is 19.7. The molecule has 6 nitrogen and oxygen atoms in total. The second kappa shape index (κ2) is 10.0. The average molecular weight is 463 g/mol. The first-order chi connectivity index (χ1) is 15.3. The molecule has 1 amide bonds. The lowest BCUT2D eigenvalue weighted by Crippen LogP contribution is -2.39. The van der Waals surface area contributed by atoms with Crippen LogP contribution in [0.25, 0.3) is 0 Å². The second-order valence-electron chi connectivity index (χ2n) is 8.13. The molecule has 0 unspecified atom stereocenters. The Bertz CT molecular complexity index is 1040. The van der Waals surface area contributed by atoms with Gasteiger partial charge >= 0.3 is 0 Å². The van der Waals surface area contributed by atoms with Crippen LogP contribution in [0.1, 0.15) is 55.5 Å². The van der Waals surface area contributed by atoms with Crippen molar-refractivity contribution in [3.05, 3.63) is 59.4 Å². The summed E-state index contributed by atoms with van der Waals surface area (Å²) in [5.74, 6) is -0.435. The summed E-state index contributed by atoms with van der Waals surface area (Å²) >= 11 is 0. The lowest BCUT2D eigenvalue weighted by atomic mass is 9.78. The highest BCUT2D eigenvalue weighted by Crippen LogP contribution is 2.40. The first-order valence-electron chi connectivity index (χ1n) is 11.0. The Balaban J connectivity index is 1.85. The van der Waals surface area contributed by atoms with Gasteiger partial charge in [0, 0.05) is 30.6 Å². The Morgan fingerprint density at radius 1 is 1.09 bits per heavy atom. The molecule has 2 aromatic carbocycles. The van der Waals surface area contributed by atoms with Crippen molar-refractivity contribution in [2.45, 2.75) is 49.8 Å². The van der Waals surface area contributed by atoms with Gasteiger partial charge in [-0.25, -0.2) is 12.8 Å². The van der Waals surface area contributed by atoms with Crippen molar-refractivity contribution >= 4 is 15.9 Å². The van der Waals surface area contributed by atoms with Gasteiger partial charge in [-0.15, -0.1) is 0 Å². The summed E-state index contributed by atoms with van der Waals surface area (Å²) in [4.78, 5) is 13.0. The SMILES string of the molecule is CCN(CC)S(=O)(=O)c1cc(C(=O)NCC2(c3ccc(F)cc3)CCCC2)ccc1OC. The van der Waals surface area contributed by atoms with Crippen LogP contribution in [0, 0.1) is 5.82 Å². The minimum absolute atomic E-state index is 0.0227. The number of rotatable bonds is 9. The minimum Gasteiger partial charge on any atom is -0.495 e. The number of halogens is 1. The van der Waals surface area contributed by atoms with E-state index in [9.17, 15) is 17.6 Å². The number of ether oxygens (including phenoxy) is 1. The summed E-state index contributed by atoms with van der Waals surface area (Å²) in [6.45, 7) is 4.57. The molecular formula is C24H31FN2O4S. The molecule has 2 aromatic rings. The standard InChI is InChI=1S/C24H31FN2O4S/c1-4-27(5-2)32(29,30)22-16-18(8-13-21(22)31-3)23(28)26-17-24(14-6-7-15-24)19-9-11-20(25)12-10-19/h8-13,16H,4-7,14-15,17H2,1-3H3,(H,26,28). The maximum absolute atomic E-state index is 13.4. The van der Waals surface area contributed by atoms with Gasteiger partial charge in [0.2, 0.25) is 10.0 Å². The number of nitrogens with zero attached hydrogens (tertiary/aromatic N) is 1. The maximum atomic E-state index is 13.4. The molecule has 0 atom stereocenters. The van der Waals surface area contributed by atoms with E-state index in [1.54, 1.807) is 32.0 Å². The van der Waals surface area contributed by atoms with Crippen molar-refractivity contribution in [2.24, 2.45) is 0 Å². The second-order valence-corrected chi connectivity index (χ2v) is 10.0. The molecule has 0 aromatic heterocycles. The Morgan fingerprint density at radius 2 is 1.72 bits per heavy atom. The van der Waals surface area contributed by atoms with Gasteiger partial charge in [-0.3, -0.25) is 4.79 Å². The Morgan fingerprint density at radius 3 is 2.28 bits per heavy atom. The Labute approximate surface area is 189 Å². The molecule has 1 saturated carbocycles. The molecular weight excluding hydrogens is 431 g/mol. The highest BCUT2D eigenvalue weighted by atomic mass is 32.2. The zero-order valence-electron chi connectivity index (χ0n) is 18.9. The Kier molecular flexibility index (Phi) is 7.56. The number of sulfonamides is 1. The topological polar surface area (TPSA) is 75.7 Å². The predicted octanol–water partition coefficient (Wildman–Crippen LogP) is 4.11. The molecule has 1 fully saturated rings. The first kappa shape index (κ1) is 24.2. The number of carbonyl (C=O) groups excluding carboxylic acids is 1. The summed E-state index contributed by atoms with van der Waals surface area (Å²) < 4.78 is 46.1. The van der Waals surface area contributed by atoms with Gasteiger partial charge in [-0.1, -0.05) is 38.8 Å². The molecule has 0 spiro atoms. The number of hydrogen-bond acceptors (Lipinski definition) is 4. The summed E-state index contributed by atoms with van der Waals surface area (Å²) in [6.07, 6.45) is 3.90. The third-order valence-electron chi connectivity index (χ3n) is 6.35. The third kappa shape index (κ3) is 4.81. The first-order valence-corrected chi connectivity index (χ1v) is 12.4. The van der Waals surface area contributed by atoms with Crippen LogP contribution in [-0.2, 0) is 15.4 Å². The monoisotopic (exact) mass is 462 g/mol. The van der Waals surface area contributed by atoms with Crippen LogP contribution in [0.15, 0.2) is 47.4 Å². The summed E-state index contributed by atoms with van der Waals surface area (Å²) in [5.41, 5.74) is 1.02. The molecule has 8 heteroatoms. The molecule has 0 radical (unpaired) electrons. The smallest absolute Gasteiger partial charge is 0.251 e. The van der Waals surface area contributed by atoms with E-state index in [0.29, 0.717) is 19.6 Å². The van der Waals surface area contributed by atoms with E-state index in [-0.39, 0.29) is 33.3 Å². The molecule has 0 aliphatic heterocycles. The van der Waals surface area contributed by atoms with E-state index in [2.05, 4.69) is 5.32 Å². The fraction of sp³-hybridized carbons (Fsp3) is 0.458. The maximum Gasteiger partial charge on any atom is 0.251 e. The number of amides is 1. The van der Waals surface area contributed by atoms with Crippen LogP contribution >= 0.6 is 0 Å². The summed E-state index contributed by atoms with van der Waals surface area (Å²) in [5, 5.41) is 2.99. The van der Waals surface area contributed by atoms with Gasteiger partial charge in [0.1, 0.15) is 16.5 Å². The van der Waals surface area contributed by atoms with Crippen molar-refractivity contribution in [1.82, 2.24) is 9.62 Å². The van der Waals surface area contributed by atoms with Crippen molar-refractivity contribution in [1.29, 1.82) is 0 Å². The fourth-order valence-corrected chi connectivity index (χ4v) is 6.14. The van der Waals surface area contributed by atoms with Crippen molar-refractivity contribution < 1.29 is 22.3 Å². The van der Waals surface area contributed by atoms with Crippen LogP contribution in [0.2, 0.25) is 0 Å². The fourth-order valence-electron chi connectivity index (χ4n) is 4.50. The molecule has 32 heavy (non-hydrogen) atoms. The van der Waals surface area contributed by atoms with E-state index >= 15 is 0 Å². The molecule has 1 N–H and O–H groups in total. The van der Waals surface area contributed by atoms with E-state index in [0.717, 1.165) is 31.2 Å².